The van der Waals surface area contributed by atoms with Gasteiger partial charge >= 0.3 is 0 Å². The van der Waals surface area contributed by atoms with Crippen LogP contribution in [0.3, 0.4) is 0 Å². The number of aromatic hydroxyl groups is 1. The number of fused-ring (bicyclic) bond motifs is 1. The molecule has 7 nitrogen and oxygen atoms in total. The van der Waals surface area contributed by atoms with Gasteiger partial charge in [0.25, 0.3) is 0 Å². The molecule has 5 rings (SSSR count). The Labute approximate surface area is 185 Å². The summed E-state index contributed by atoms with van der Waals surface area (Å²) in [6.45, 7) is 1.88. The highest BCUT2D eigenvalue weighted by Crippen LogP contribution is 2.49. The third kappa shape index (κ3) is 3.21. The second-order valence-electron chi connectivity index (χ2n) is 8.20. The minimum absolute atomic E-state index is 0.000378. The van der Waals surface area contributed by atoms with Gasteiger partial charge in [0, 0.05) is 23.6 Å². The number of phenols is 1. The fourth-order valence-electron chi connectivity index (χ4n) is 4.81. The Morgan fingerprint density at radius 3 is 2.47 bits per heavy atom. The molecule has 0 unspecified atom stereocenters. The quantitative estimate of drug-likeness (QED) is 0.619. The highest BCUT2D eigenvalue weighted by Gasteiger charge is 2.41. The number of phenolic OH excluding ortho intramolecular Hbond substituents is 1. The molecule has 0 spiro atoms. The van der Waals surface area contributed by atoms with Crippen molar-refractivity contribution in [2.45, 2.75) is 31.6 Å². The van der Waals surface area contributed by atoms with Crippen molar-refractivity contribution in [3.8, 4) is 17.2 Å². The molecule has 1 aromatic heterocycles. The number of nitrogens with one attached hydrogen (secondary N) is 1. The fourth-order valence-corrected chi connectivity index (χ4v) is 4.81. The second-order valence-corrected chi connectivity index (χ2v) is 8.20. The summed E-state index contributed by atoms with van der Waals surface area (Å²) >= 11 is 0. The van der Waals surface area contributed by atoms with Crippen LogP contribution in [0, 0.1) is 6.92 Å². The average Bonchev–Trinajstić information content (AvgIpc) is 3.18. The van der Waals surface area contributed by atoms with Crippen molar-refractivity contribution < 1.29 is 23.9 Å². The lowest BCUT2D eigenvalue weighted by molar-refractivity contribution is -0.116. The van der Waals surface area contributed by atoms with Crippen molar-refractivity contribution in [1.82, 2.24) is 5.16 Å². The van der Waals surface area contributed by atoms with Gasteiger partial charge in [-0.15, -0.1) is 0 Å². The van der Waals surface area contributed by atoms with Crippen LogP contribution in [0.25, 0.3) is 0 Å². The Bertz CT molecular complexity index is 1230. The number of methoxy groups -OCH3 is 2. The highest BCUT2D eigenvalue weighted by atomic mass is 16.5. The Balaban J connectivity index is 1.57. The van der Waals surface area contributed by atoms with Gasteiger partial charge in [0.05, 0.1) is 25.5 Å². The first kappa shape index (κ1) is 20.2. The Morgan fingerprint density at radius 2 is 1.75 bits per heavy atom. The molecule has 0 radical (unpaired) electrons. The number of anilines is 1. The van der Waals surface area contributed by atoms with E-state index < -0.39 is 0 Å². The number of nitrogens with zero attached hydrogens (tertiary/aromatic N) is 1. The number of aromatic nitrogens is 1. The Kier molecular flexibility index (Phi) is 4.89. The molecule has 0 saturated heterocycles. The van der Waals surface area contributed by atoms with E-state index in [0.29, 0.717) is 30.2 Å². The van der Waals surface area contributed by atoms with E-state index in [1.165, 1.54) is 0 Å². The number of ether oxygens (including phenoxy) is 2. The van der Waals surface area contributed by atoms with Crippen molar-refractivity contribution in [3.05, 3.63) is 76.1 Å². The van der Waals surface area contributed by atoms with Gasteiger partial charge < -0.3 is 24.4 Å². The maximum atomic E-state index is 13.5. The first-order valence-corrected chi connectivity index (χ1v) is 10.5. The predicted molar refractivity (Wildman–Crippen MR) is 118 cm³/mol. The molecule has 1 aliphatic heterocycles. The van der Waals surface area contributed by atoms with Gasteiger partial charge in [0.1, 0.15) is 5.75 Å². The molecule has 0 saturated carbocycles. The van der Waals surface area contributed by atoms with E-state index in [-0.39, 0.29) is 23.4 Å². The maximum absolute atomic E-state index is 13.5. The molecule has 164 valence electrons. The zero-order valence-electron chi connectivity index (χ0n) is 18.1. The van der Waals surface area contributed by atoms with Crippen molar-refractivity contribution in [2.75, 3.05) is 19.5 Å². The number of carbonyl (C=O) groups excluding carboxylic acids is 1. The summed E-state index contributed by atoms with van der Waals surface area (Å²) < 4.78 is 16.4. The van der Waals surface area contributed by atoms with Gasteiger partial charge in [0.2, 0.25) is 5.88 Å². The number of ketones is 1. The molecule has 2 aromatic carbocycles. The SMILES string of the molecule is COc1ccc([C@@H]2CC(=O)C3=C(C2)Nc2onc(C)c2[C@H]3c2ccc(O)cc2)cc1OC. The zero-order chi connectivity index (χ0) is 22.4. The van der Waals surface area contributed by atoms with Crippen LogP contribution in [-0.2, 0) is 4.79 Å². The molecule has 3 aromatic rings. The number of benzene rings is 2. The van der Waals surface area contributed by atoms with Gasteiger partial charge in [-0.2, -0.15) is 0 Å². The molecule has 2 heterocycles. The lowest BCUT2D eigenvalue weighted by Crippen LogP contribution is -2.29. The topological polar surface area (TPSA) is 93.8 Å². The summed E-state index contributed by atoms with van der Waals surface area (Å²) in [5, 5.41) is 17.2. The smallest absolute Gasteiger partial charge is 0.233 e. The Hall–Kier alpha value is -3.74. The zero-order valence-corrected chi connectivity index (χ0v) is 18.1. The number of hydrogen-bond acceptors (Lipinski definition) is 7. The van der Waals surface area contributed by atoms with Gasteiger partial charge in [0.15, 0.2) is 17.3 Å². The monoisotopic (exact) mass is 432 g/mol. The second kappa shape index (κ2) is 7.75. The van der Waals surface area contributed by atoms with Crippen LogP contribution in [0.1, 0.15) is 47.1 Å². The van der Waals surface area contributed by atoms with Crippen molar-refractivity contribution in [3.63, 3.8) is 0 Å². The lowest BCUT2D eigenvalue weighted by atomic mass is 9.72. The minimum Gasteiger partial charge on any atom is -0.508 e. The van der Waals surface area contributed by atoms with Crippen LogP contribution in [0.4, 0.5) is 5.88 Å². The summed E-state index contributed by atoms with van der Waals surface area (Å²) in [6, 6.07) is 12.8. The third-order valence-electron chi connectivity index (χ3n) is 6.36. The molecular weight excluding hydrogens is 408 g/mol. The average molecular weight is 432 g/mol. The number of hydrogen-bond donors (Lipinski definition) is 2. The Morgan fingerprint density at radius 1 is 1.03 bits per heavy atom. The van der Waals surface area contributed by atoms with Gasteiger partial charge in [-0.3, -0.25) is 4.79 Å². The molecular formula is C25H24N2O5. The van der Waals surface area contributed by atoms with Crippen molar-refractivity contribution in [2.24, 2.45) is 0 Å². The maximum Gasteiger partial charge on any atom is 0.233 e. The van der Waals surface area contributed by atoms with Gasteiger partial charge in [-0.1, -0.05) is 23.4 Å². The van der Waals surface area contributed by atoms with Crippen molar-refractivity contribution in [1.29, 1.82) is 0 Å². The third-order valence-corrected chi connectivity index (χ3v) is 6.36. The molecule has 32 heavy (non-hydrogen) atoms. The molecule has 2 N–H and O–H groups in total. The van der Waals surface area contributed by atoms with Crippen LogP contribution in [-0.4, -0.2) is 30.3 Å². The largest absolute Gasteiger partial charge is 0.508 e. The number of Topliss-reactive ketones (excluding diaryl/α,β-unsaturated/α-hetero) is 1. The summed E-state index contributed by atoms with van der Waals surface area (Å²) in [6.07, 6.45) is 1.05. The van der Waals surface area contributed by atoms with E-state index in [9.17, 15) is 9.90 Å². The molecule has 2 aliphatic rings. The summed E-state index contributed by atoms with van der Waals surface area (Å²) in [5.41, 5.74) is 5.14. The van der Waals surface area contributed by atoms with E-state index in [4.69, 9.17) is 14.0 Å². The lowest BCUT2D eigenvalue weighted by Gasteiger charge is -2.34. The fraction of sp³-hybridized carbons (Fsp3) is 0.280. The van der Waals surface area contributed by atoms with Crippen LogP contribution < -0.4 is 14.8 Å². The van der Waals surface area contributed by atoms with Crippen LogP contribution in [0.15, 0.2) is 58.3 Å². The van der Waals surface area contributed by atoms with Crippen molar-refractivity contribution >= 4 is 11.7 Å². The molecule has 1 aliphatic carbocycles. The van der Waals surface area contributed by atoms with E-state index in [1.807, 2.05) is 37.3 Å². The normalized spacial score (nSPS) is 19.8. The number of aryl methyl sites for hydroxylation is 1. The highest BCUT2D eigenvalue weighted by molar-refractivity contribution is 6.01. The first-order chi connectivity index (χ1) is 15.5. The standard InChI is InChI=1S/C25H24N2O5/c1-13-22-23(14-4-7-17(28)8-5-14)24-18(26-25(22)32-27-13)10-16(11-19(24)29)15-6-9-20(30-2)21(12-15)31-3/h4-9,12,16,23,26,28H,10-11H2,1-3H3/t16-,23+/m0/s1. The van der Waals surface area contributed by atoms with Gasteiger partial charge in [-0.25, -0.2) is 0 Å². The van der Waals surface area contributed by atoms with E-state index in [2.05, 4.69) is 10.5 Å². The molecule has 0 fully saturated rings. The summed E-state index contributed by atoms with van der Waals surface area (Å²) in [7, 11) is 3.21. The van der Waals surface area contributed by atoms with E-state index in [1.54, 1.807) is 26.4 Å². The summed E-state index contributed by atoms with van der Waals surface area (Å²) in [4.78, 5) is 13.5. The number of carbonyl (C=O) groups is 1. The predicted octanol–water partition coefficient (Wildman–Crippen LogP) is 4.66. The number of allylic oxidation sites excluding steroid dienone is 2. The summed E-state index contributed by atoms with van der Waals surface area (Å²) in [5.74, 6) is 1.85. The number of rotatable bonds is 4. The molecule has 2 atom stereocenters. The van der Waals surface area contributed by atoms with E-state index in [0.717, 1.165) is 33.7 Å². The van der Waals surface area contributed by atoms with Crippen LogP contribution in [0.5, 0.6) is 17.2 Å². The minimum atomic E-state index is -0.285. The molecule has 0 bridgehead atoms. The van der Waals surface area contributed by atoms with Gasteiger partial charge in [-0.05, 0) is 54.7 Å². The molecule has 0 amide bonds. The van der Waals surface area contributed by atoms with E-state index >= 15 is 0 Å². The van der Waals surface area contributed by atoms with Crippen LogP contribution in [0.2, 0.25) is 0 Å². The first-order valence-electron chi connectivity index (χ1n) is 10.5. The molecule has 7 heteroatoms. The van der Waals surface area contributed by atoms with Crippen LogP contribution >= 0.6 is 0 Å².